The van der Waals surface area contributed by atoms with Gasteiger partial charge in [0.1, 0.15) is 5.60 Å². The smallest absolute Gasteiger partial charge is 0.311 e. The molecule has 0 bridgehead atoms. The fourth-order valence-electron chi connectivity index (χ4n) is 3.18. The summed E-state index contributed by atoms with van der Waals surface area (Å²) >= 11 is 0. The molecule has 1 saturated carbocycles. The highest BCUT2D eigenvalue weighted by atomic mass is 16.6. The average molecular weight is 230 g/mol. The van der Waals surface area contributed by atoms with Crippen LogP contribution >= 0.6 is 0 Å². The number of fused-ring (bicyclic) bond motifs is 2. The SMILES string of the molecule is CC1CCC2(CC1)OC(=O)Cc1ccccc12. The summed E-state index contributed by atoms with van der Waals surface area (Å²) in [7, 11) is 0. The molecule has 0 N–H and O–H groups in total. The van der Waals surface area contributed by atoms with Gasteiger partial charge in [0, 0.05) is 0 Å². The van der Waals surface area contributed by atoms with Gasteiger partial charge in [-0.3, -0.25) is 4.79 Å². The van der Waals surface area contributed by atoms with Gasteiger partial charge in [-0.05, 0) is 42.7 Å². The van der Waals surface area contributed by atoms with Crippen molar-refractivity contribution in [2.75, 3.05) is 0 Å². The molecule has 3 rings (SSSR count). The van der Waals surface area contributed by atoms with Gasteiger partial charge in [0.25, 0.3) is 0 Å². The Morgan fingerprint density at radius 1 is 1.24 bits per heavy atom. The number of benzene rings is 1. The Kier molecular flexibility index (Phi) is 2.46. The second kappa shape index (κ2) is 3.86. The molecule has 0 unspecified atom stereocenters. The lowest BCUT2D eigenvalue weighted by molar-refractivity contribution is -0.168. The molecule has 0 radical (unpaired) electrons. The lowest BCUT2D eigenvalue weighted by atomic mass is 9.73. The lowest BCUT2D eigenvalue weighted by Crippen LogP contribution is -2.41. The van der Waals surface area contributed by atoms with Crippen LogP contribution in [0.5, 0.6) is 0 Å². The van der Waals surface area contributed by atoms with Gasteiger partial charge < -0.3 is 4.74 Å². The number of carbonyl (C=O) groups excluding carboxylic acids is 1. The molecular weight excluding hydrogens is 212 g/mol. The molecule has 1 aromatic rings. The summed E-state index contributed by atoms with van der Waals surface area (Å²) in [5.41, 5.74) is 2.11. The van der Waals surface area contributed by atoms with E-state index in [-0.39, 0.29) is 11.6 Å². The minimum absolute atomic E-state index is 0.0572. The Balaban J connectivity index is 2.02. The van der Waals surface area contributed by atoms with Crippen LogP contribution in [0.1, 0.15) is 43.7 Å². The van der Waals surface area contributed by atoms with E-state index in [0.717, 1.165) is 31.6 Å². The Bertz CT molecular complexity index is 442. The van der Waals surface area contributed by atoms with E-state index in [0.29, 0.717) is 6.42 Å². The van der Waals surface area contributed by atoms with Gasteiger partial charge in [0.2, 0.25) is 0 Å². The topological polar surface area (TPSA) is 26.3 Å². The van der Waals surface area contributed by atoms with E-state index in [2.05, 4.69) is 25.1 Å². The van der Waals surface area contributed by atoms with Crippen LogP contribution in [0.15, 0.2) is 24.3 Å². The van der Waals surface area contributed by atoms with Crippen LogP contribution in [-0.4, -0.2) is 5.97 Å². The molecule has 2 nitrogen and oxygen atoms in total. The van der Waals surface area contributed by atoms with Crippen molar-refractivity contribution in [2.45, 2.75) is 44.6 Å². The third-order valence-electron chi connectivity index (χ3n) is 4.23. The molecule has 0 aromatic heterocycles. The van der Waals surface area contributed by atoms with Gasteiger partial charge in [-0.1, -0.05) is 31.2 Å². The van der Waals surface area contributed by atoms with Crippen molar-refractivity contribution in [3.8, 4) is 0 Å². The van der Waals surface area contributed by atoms with E-state index < -0.39 is 0 Å². The van der Waals surface area contributed by atoms with Gasteiger partial charge in [-0.15, -0.1) is 0 Å². The molecule has 2 aliphatic rings. The molecule has 17 heavy (non-hydrogen) atoms. The number of rotatable bonds is 0. The van der Waals surface area contributed by atoms with Crippen molar-refractivity contribution in [1.29, 1.82) is 0 Å². The monoisotopic (exact) mass is 230 g/mol. The fraction of sp³-hybridized carbons (Fsp3) is 0.533. The van der Waals surface area contributed by atoms with Crippen LogP contribution < -0.4 is 0 Å². The van der Waals surface area contributed by atoms with Crippen molar-refractivity contribution in [3.05, 3.63) is 35.4 Å². The molecule has 2 heteroatoms. The maximum atomic E-state index is 11.8. The van der Waals surface area contributed by atoms with Crippen LogP contribution in [0.4, 0.5) is 0 Å². The first kappa shape index (κ1) is 10.8. The zero-order valence-electron chi connectivity index (χ0n) is 10.2. The van der Waals surface area contributed by atoms with E-state index in [1.807, 2.05) is 6.07 Å². The maximum absolute atomic E-state index is 11.8. The van der Waals surface area contributed by atoms with Crippen molar-refractivity contribution in [2.24, 2.45) is 5.92 Å². The van der Waals surface area contributed by atoms with Crippen molar-refractivity contribution in [1.82, 2.24) is 0 Å². The van der Waals surface area contributed by atoms with E-state index >= 15 is 0 Å². The minimum atomic E-state index is -0.307. The zero-order chi connectivity index (χ0) is 11.9. The predicted octanol–water partition coefficient (Wildman–Crippen LogP) is 3.19. The average Bonchev–Trinajstić information content (AvgIpc) is 2.33. The Morgan fingerprint density at radius 2 is 1.94 bits per heavy atom. The van der Waals surface area contributed by atoms with Crippen LogP contribution in [0.25, 0.3) is 0 Å². The molecule has 0 atom stereocenters. The Hall–Kier alpha value is -1.31. The zero-order valence-corrected chi connectivity index (χ0v) is 10.2. The van der Waals surface area contributed by atoms with Gasteiger partial charge in [0.15, 0.2) is 0 Å². The molecule has 1 aliphatic heterocycles. The van der Waals surface area contributed by atoms with Crippen molar-refractivity contribution >= 4 is 5.97 Å². The second-order valence-corrected chi connectivity index (χ2v) is 5.48. The Morgan fingerprint density at radius 3 is 2.71 bits per heavy atom. The highest BCUT2D eigenvalue weighted by Crippen LogP contribution is 2.45. The highest BCUT2D eigenvalue weighted by Gasteiger charge is 2.43. The van der Waals surface area contributed by atoms with E-state index in [1.54, 1.807) is 0 Å². The van der Waals surface area contributed by atoms with Gasteiger partial charge in [0.05, 0.1) is 6.42 Å². The summed E-state index contributed by atoms with van der Waals surface area (Å²) in [6.07, 6.45) is 4.71. The van der Waals surface area contributed by atoms with Crippen LogP contribution in [0.3, 0.4) is 0 Å². The van der Waals surface area contributed by atoms with Crippen molar-refractivity contribution < 1.29 is 9.53 Å². The summed E-state index contributed by atoms with van der Waals surface area (Å²) in [5.74, 6) is 0.701. The standard InChI is InChI=1S/C15H18O2/c1-11-6-8-15(9-7-11)13-5-3-2-4-12(13)10-14(16)17-15/h2-5,11H,6-10H2,1H3. The molecule has 1 aromatic carbocycles. The number of carbonyl (C=O) groups is 1. The first-order valence-electron chi connectivity index (χ1n) is 6.50. The minimum Gasteiger partial charge on any atom is -0.454 e. The summed E-state index contributed by atoms with van der Waals surface area (Å²) in [6.45, 7) is 2.28. The fourth-order valence-corrected chi connectivity index (χ4v) is 3.18. The Labute approximate surface area is 102 Å². The summed E-state index contributed by atoms with van der Waals surface area (Å²) in [4.78, 5) is 11.8. The normalized spacial score (nSPS) is 32.1. The quantitative estimate of drug-likeness (QED) is 0.640. The summed E-state index contributed by atoms with van der Waals surface area (Å²) < 4.78 is 5.75. The summed E-state index contributed by atoms with van der Waals surface area (Å²) in [6, 6.07) is 8.27. The third-order valence-corrected chi connectivity index (χ3v) is 4.23. The van der Waals surface area contributed by atoms with Gasteiger partial charge in [-0.2, -0.15) is 0 Å². The molecule has 1 aliphatic carbocycles. The number of esters is 1. The molecular formula is C15H18O2. The molecule has 1 spiro atoms. The summed E-state index contributed by atoms with van der Waals surface area (Å²) in [5, 5.41) is 0. The van der Waals surface area contributed by atoms with Gasteiger partial charge >= 0.3 is 5.97 Å². The molecule has 90 valence electrons. The number of hydrogen-bond donors (Lipinski definition) is 0. The first-order valence-corrected chi connectivity index (χ1v) is 6.50. The van der Waals surface area contributed by atoms with Crippen LogP contribution in [0, 0.1) is 5.92 Å². The lowest BCUT2D eigenvalue weighted by Gasteiger charge is -2.42. The van der Waals surface area contributed by atoms with Gasteiger partial charge in [-0.25, -0.2) is 0 Å². The molecule has 1 fully saturated rings. The first-order chi connectivity index (χ1) is 8.20. The number of hydrogen-bond acceptors (Lipinski definition) is 2. The van der Waals surface area contributed by atoms with Crippen LogP contribution in [0.2, 0.25) is 0 Å². The maximum Gasteiger partial charge on any atom is 0.311 e. The largest absolute Gasteiger partial charge is 0.454 e. The van der Waals surface area contributed by atoms with E-state index in [1.165, 1.54) is 11.1 Å². The van der Waals surface area contributed by atoms with Crippen molar-refractivity contribution in [3.63, 3.8) is 0 Å². The van der Waals surface area contributed by atoms with Crippen LogP contribution in [-0.2, 0) is 21.6 Å². The number of ether oxygens (including phenoxy) is 1. The second-order valence-electron chi connectivity index (χ2n) is 5.48. The predicted molar refractivity (Wildman–Crippen MR) is 65.5 cm³/mol. The molecule has 0 saturated heterocycles. The van der Waals surface area contributed by atoms with E-state index in [4.69, 9.17) is 4.74 Å². The molecule has 0 amide bonds. The highest BCUT2D eigenvalue weighted by molar-refractivity contribution is 5.76. The van der Waals surface area contributed by atoms with E-state index in [9.17, 15) is 4.79 Å². The third kappa shape index (κ3) is 1.76. The molecule has 1 heterocycles.